The monoisotopic (exact) mass is 243 g/mol. The molecule has 2 N–H and O–H groups in total. The molecule has 0 aliphatic heterocycles. The van der Waals surface area contributed by atoms with E-state index in [1.165, 1.54) is 11.1 Å². The lowest BCUT2D eigenvalue weighted by Crippen LogP contribution is -2.04. The lowest BCUT2D eigenvalue weighted by atomic mass is 9.96. The van der Waals surface area contributed by atoms with Gasteiger partial charge in [-0.1, -0.05) is 31.2 Å². The van der Waals surface area contributed by atoms with Crippen LogP contribution in [0.25, 0.3) is 0 Å². The van der Waals surface area contributed by atoms with Gasteiger partial charge in [-0.05, 0) is 30.0 Å². The molecule has 0 bridgehead atoms. The van der Waals surface area contributed by atoms with Crippen molar-refractivity contribution in [3.8, 4) is 0 Å². The molecule has 1 atom stereocenters. The molecule has 2 aromatic rings. The highest BCUT2D eigenvalue weighted by Gasteiger charge is 2.05. The number of nitrogens with two attached hydrogens (primary N) is 1. The first-order chi connectivity index (χ1) is 8.70. The fourth-order valence-electron chi connectivity index (χ4n) is 2.13. The smallest absolute Gasteiger partial charge is 0.112 e. The summed E-state index contributed by atoms with van der Waals surface area (Å²) in [6.45, 7) is 2.97. The molecule has 0 saturated heterocycles. The molecular formula is C15H21N3. The Bertz CT molecular complexity index is 485. The van der Waals surface area contributed by atoms with E-state index in [4.69, 9.17) is 5.73 Å². The maximum Gasteiger partial charge on any atom is 0.112 e. The fourth-order valence-corrected chi connectivity index (χ4v) is 2.13. The molecule has 0 aliphatic carbocycles. The van der Waals surface area contributed by atoms with Crippen LogP contribution in [-0.4, -0.2) is 16.1 Å². The zero-order valence-electron chi connectivity index (χ0n) is 11.1. The Morgan fingerprint density at radius 3 is 2.56 bits per heavy atom. The second-order valence-corrected chi connectivity index (χ2v) is 4.85. The number of rotatable bonds is 5. The van der Waals surface area contributed by atoms with Crippen molar-refractivity contribution in [3.05, 3.63) is 53.6 Å². The highest BCUT2D eigenvalue weighted by molar-refractivity contribution is 5.27. The van der Waals surface area contributed by atoms with Crippen LogP contribution in [0.15, 0.2) is 36.7 Å². The van der Waals surface area contributed by atoms with Gasteiger partial charge < -0.3 is 10.3 Å². The number of aromatic nitrogens is 2. The first kappa shape index (κ1) is 12.8. The first-order valence-corrected chi connectivity index (χ1v) is 6.46. The van der Waals surface area contributed by atoms with Gasteiger partial charge in [0.2, 0.25) is 0 Å². The second-order valence-electron chi connectivity index (χ2n) is 4.85. The van der Waals surface area contributed by atoms with Crippen molar-refractivity contribution >= 4 is 0 Å². The number of nitrogens with zero attached hydrogens (tertiary/aromatic N) is 2. The SMILES string of the molecule is CC(CCN)c1ccc(Cc2nccn2C)cc1. The number of imidazole rings is 1. The van der Waals surface area contributed by atoms with Gasteiger partial charge in [0.05, 0.1) is 0 Å². The summed E-state index contributed by atoms with van der Waals surface area (Å²) in [7, 11) is 2.03. The maximum atomic E-state index is 5.59. The van der Waals surface area contributed by atoms with Gasteiger partial charge in [-0.2, -0.15) is 0 Å². The van der Waals surface area contributed by atoms with Gasteiger partial charge in [-0.25, -0.2) is 4.98 Å². The molecule has 0 aliphatic rings. The van der Waals surface area contributed by atoms with E-state index in [9.17, 15) is 0 Å². The molecule has 0 spiro atoms. The van der Waals surface area contributed by atoms with Crippen LogP contribution in [0, 0.1) is 0 Å². The predicted molar refractivity (Wildman–Crippen MR) is 74.5 cm³/mol. The second kappa shape index (κ2) is 5.83. The van der Waals surface area contributed by atoms with Crippen molar-refractivity contribution in [2.24, 2.45) is 12.8 Å². The van der Waals surface area contributed by atoms with Crippen LogP contribution in [0.2, 0.25) is 0 Å². The molecule has 96 valence electrons. The van der Waals surface area contributed by atoms with Crippen LogP contribution in [0.1, 0.15) is 36.2 Å². The summed E-state index contributed by atoms with van der Waals surface area (Å²) >= 11 is 0. The minimum absolute atomic E-state index is 0.539. The summed E-state index contributed by atoms with van der Waals surface area (Å²) in [6, 6.07) is 8.80. The normalized spacial score (nSPS) is 12.6. The standard InChI is InChI=1S/C15H21N3/c1-12(7-8-16)14-5-3-13(4-6-14)11-15-17-9-10-18(15)2/h3-6,9-10,12H,7-8,11,16H2,1-2H3. The Balaban J connectivity index is 2.06. The third-order valence-corrected chi connectivity index (χ3v) is 3.43. The summed E-state index contributed by atoms with van der Waals surface area (Å²) in [5, 5.41) is 0. The molecule has 0 radical (unpaired) electrons. The molecular weight excluding hydrogens is 222 g/mol. The molecule has 0 fully saturated rings. The zero-order valence-corrected chi connectivity index (χ0v) is 11.1. The van der Waals surface area contributed by atoms with Crippen molar-refractivity contribution in [2.75, 3.05) is 6.54 Å². The lowest BCUT2D eigenvalue weighted by molar-refractivity contribution is 0.690. The summed E-state index contributed by atoms with van der Waals surface area (Å²) < 4.78 is 2.06. The van der Waals surface area contributed by atoms with Crippen LogP contribution >= 0.6 is 0 Å². The Kier molecular flexibility index (Phi) is 4.15. The van der Waals surface area contributed by atoms with E-state index < -0.39 is 0 Å². The van der Waals surface area contributed by atoms with Gasteiger partial charge in [0, 0.05) is 25.9 Å². The maximum absolute atomic E-state index is 5.59. The molecule has 3 nitrogen and oxygen atoms in total. The predicted octanol–water partition coefficient (Wildman–Crippen LogP) is 2.46. The topological polar surface area (TPSA) is 43.8 Å². The largest absolute Gasteiger partial charge is 0.338 e. The highest BCUT2D eigenvalue weighted by Crippen LogP contribution is 2.19. The van der Waals surface area contributed by atoms with Crippen LogP contribution in [-0.2, 0) is 13.5 Å². The van der Waals surface area contributed by atoms with Crippen LogP contribution in [0.5, 0.6) is 0 Å². The van der Waals surface area contributed by atoms with Gasteiger partial charge in [0.1, 0.15) is 5.82 Å². The Morgan fingerprint density at radius 2 is 2.00 bits per heavy atom. The summed E-state index contributed by atoms with van der Waals surface area (Å²) in [5.74, 6) is 1.63. The Hall–Kier alpha value is -1.61. The van der Waals surface area contributed by atoms with Gasteiger partial charge in [-0.15, -0.1) is 0 Å². The van der Waals surface area contributed by atoms with Crippen LogP contribution in [0.3, 0.4) is 0 Å². The van der Waals surface area contributed by atoms with Gasteiger partial charge in [0.15, 0.2) is 0 Å². The summed E-state index contributed by atoms with van der Waals surface area (Å²) in [5.41, 5.74) is 8.26. The molecule has 1 heterocycles. The quantitative estimate of drug-likeness (QED) is 0.876. The minimum atomic E-state index is 0.539. The van der Waals surface area contributed by atoms with E-state index in [1.54, 1.807) is 0 Å². The zero-order chi connectivity index (χ0) is 13.0. The molecule has 18 heavy (non-hydrogen) atoms. The Labute approximate surface area is 109 Å². The molecule has 0 amide bonds. The lowest BCUT2D eigenvalue weighted by Gasteiger charge is -2.11. The Morgan fingerprint density at radius 1 is 1.28 bits per heavy atom. The van der Waals surface area contributed by atoms with Crippen LogP contribution < -0.4 is 5.73 Å². The molecule has 0 saturated carbocycles. The summed E-state index contributed by atoms with van der Waals surface area (Å²) in [4.78, 5) is 4.34. The van der Waals surface area contributed by atoms with Crippen molar-refractivity contribution < 1.29 is 0 Å². The molecule has 3 heteroatoms. The van der Waals surface area contributed by atoms with E-state index in [2.05, 4.69) is 40.7 Å². The van der Waals surface area contributed by atoms with Crippen molar-refractivity contribution in [1.29, 1.82) is 0 Å². The number of hydrogen-bond donors (Lipinski definition) is 1. The number of benzene rings is 1. The van der Waals surface area contributed by atoms with Crippen molar-refractivity contribution in [3.63, 3.8) is 0 Å². The van der Waals surface area contributed by atoms with Gasteiger partial charge >= 0.3 is 0 Å². The summed E-state index contributed by atoms with van der Waals surface area (Å²) in [6.07, 6.45) is 5.74. The van der Waals surface area contributed by atoms with Gasteiger partial charge in [-0.3, -0.25) is 0 Å². The van der Waals surface area contributed by atoms with Crippen molar-refractivity contribution in [2.45, 2.75) is 25.7 Å². The van der Waals surface area contributed by atoms with E-state index >= 15 is 0 Å². The fraction of sp³-hybridized carbons (Fsp3) is 0.400. The van der Waals surface area contributed by atoms with E-state index in [0.29, 0.717) is 5.92 Å². The third kappa shape index (κ3) is 2.99. The third-order valence-electron chi connectivity index (χ3n) is 3.43. The van der Waals surface area contributed by atoms with E-state index in [1.807, 2.05) is 19.4 Å². The minimum Gasteiger partial charge on any atom is -0.338 e. The first-order valence-electron chi connectivity index (χ1n) is 6.46. The van der Waals surface area contributed by atoms with Crippen LogP contribution in [0.4, 0.5) is 0 Å². The van der Waals surface area contributed by atoms with E-state index in [-0.39, 0.29) is 0 Å². The average Bonchev–Trinajstić information content (AvgIpc) is 2.76. The molecule has 2 rings (SSSR count). The molecule has 1 unspecified atom stereocenters. The van der Waals surface area contributed by atoms with Crippen molar-refractivity contribution in [1.82, 2.24) is 9.55 Å². The average molecular weight is 243 g/mol. The van der Waals surface area contributed by atoms with Gasteiger partial charge in [0.25, 0.3) is 0 Å². The highest BCUT2D eigenvalue weighted by atomic mass is 15.0. The number of aryl methyl sites for hydroxylation is 1. The molecule has 1 aromatic heterocycles. The number of hydrogen-bond acceptors (Lipinski definition) is 2. The molecule has 1 aromatic carbocycles. The van der Waals surface area contributed by atoms with E-state index in [0.717, 1.165) is 25.2 Å².